The summed E-state index contributed by atoms with van der Waals surface area (Å²) in [7, 11) is 0. The molecule has 2 aliphatic carbocycles. The van der Waals surface area contributed by atoms with Crippen molar-refractivity contribution in [1.82, 2.24) is 24.9 Å². The van der Waals surface area contributed by atoms with Crippen molar-refractivity contribution in [1.29, 1.82) is 0 Å². The molecule has 0 aromatic heterocycles. The molecule has 1 amide bonds. The Labute approximate surface area is 755 Å². The van der Waals surface area contributed by atoms with Crippen molar-refractivity contribution in [3.8, 4) is 21.5 Å². The zero-order valence-corrected chi connectivity index (χ0v) is 77.4. The number of allylic oxidation sites excluding steroid dienone is 2. The van der Waals surface area contributed by atoms with Crippen molar-refractivity contribution in [3.63, 3.8) is 0 Å². The Kier molecular flexibility index (Phi) is 36.4. The van der Waals surface area contributed by atoms with E-state index in [4.69, 9.17) is 43.1 Å². The number of halogens is 4. The van der Waals surface area contributed by atoms with E-state index in [1.807, 2.05) is 91.1 Å². The zero-order valence-electron chi connectivity index (χ0n) is 71.1. The van der Waals surface area contributed by atoms with Crippen LogP contribution in [0.4, 0.5) is 22.7 Å². The maximum absolute atomic E-state index is 13.3. The molecule has 640 valence electrons. The summed E-state index contributed by atoms with van der Waals surface area (Å²) in [6.07, 6.45) is 8.30. The number of anilines is 4. The standard InChI is InChI=1S/C49H57BrClN5O2S.C29H32BrClN2O2.C22H31N3OS/c1-37-32-38(8-17-47(37)53-43(19-23-54-28-30-58-31-29-54)36-59-45-6-4-3-5-7-45)34-52-48(57)40-11-15-44(16-12-40)56-26-24-55(25-27-56)35-41-33-49(2,21-22-50)20-18-46(41)39-9-13-42(51)14-10-39;1-3-35-28(34)23-6-10-26(11-7-23)33-18-16-32(17-19-33)21-24-20-29(2,14-15-30)13-12-27(24)22-4-8-25(31)9-5-22;1-18-15-19(16-23)7-8-22(18)24-20(9-10-25-11-13-26-14-12-25)17-27-21-5-3-2-4-6-21/h3-17,32,43,53H,18-20,23-31,33-36H2,1-2H3,(H,52,57);4-11H,3,12-13,16-21H2,1-2H3;2-8,15,20,24H,9-14,16-17,23H2,1H3/t43-,49?;;20-/m1.1/s1. The van der Waals surface area contributed by atoms with Crippen LogP contribution in [0.5, 0.6) is 0 Å². The molecule has 0 bridgehead atoms. The first kappa shape index (κ1) is 92.6. The molecule has 121 heavy (non-hydrogen) atoms. The minimum atomic E-state index is -0.266. The zero-order chi connectivity index (χ0) is 84.8. The van der Waals surface area contributed by atoms with E-state index in [0.717, 1.165) is 227 Å². The highest BCUT2D eigenvalue weighted by Crippen LogP contribution is 2.45. The van der Waals surface area contributed by atoms with E-state index in [2.05, 4.69) is 260 Å². The maximum atomic E-state index is 13.3. The van der Waals surface area contributed by atoms with Gasteiger partial charge in [-0.3, -0.25) is 24.4 Å². The van der Waals surface area contributed by atoms with Crippen molar-refractivity contribution in [3.05, 3.63) is 260 Å². The van der Waals surface area contributed by atoms with E-state index in [-0.39, 0.29) is 22.7 Å². The number of amides is 1. The number of piperazine rings is 2. The number of nitrogens with one attached hydrogen (secondary N) is 3. The predicted octanol–water partition coefficient (Wildman–Crippen LogP) is 20.4. The van der Waals surface area contributed by atoms with E-state index in [9.17, 15) is 9.59 Å². The molecular formula is C100H120Br2Cl2N10O5S2. The van der Waals surface area contributed by atoms with Crippen LogP contribution in [0.25, 0.3) is 11.1 Å². The summed E-state index contributed by atoms with van der Waals surface area (Å²) >= 11 is 22.9. The summed E-state index contributed by atoms with van der Waals surface area (Å²) in [5, 5.41) is 12.3. The van der Waals surface area contributed by atoms with E-state index in [1.165, 1.54) is 65.6 Å². The SMILES string of the molecule is CCOC(=O)c1ccc(N2CCN(CC3=C(c4ccc(Cl)cc4)CCC(C)(C#CBr)C3)CC2)cc1.Cc1cc(CN)ccc1N[C@H](CCN1CCOCC1)CSc1ccccc1.Cc1cc(CNC(=O)c2ccc(N3CCN(CC4=C(c5ccc(Cl)cc5)CCC(C)(C#CBr)C4)CC3)cc2)ccc1N[C@H](CCN1CCOCC1)CSc1ccccc1. The molecule has 2 unspecified atom stereocenters. The molecule has 8 aromatic rings. The Morgan fingerprint density at radius 3 is 1.34 bits per heavy atom. The lowest BCUT2D eigenvalue weighted by Gasteiger charge is -2.39. The van der Waals surface area contributed by atoms with Crippen molar-refractivity contribution in [2.75, 3.05) is 170 Å². The van der Waals surface area contributed by atoms with Gasteiger partial charge in [0.2, 0.25) is 0 Å². The van der Waals surface area contributed by atoms with Gasteiger partial charge in [-0.25, -0.2) is 4.79 Å². The van der Waals surface area contributed by atoms with E-state index in [1.54, 1.807) is 0 Å². The third-order valence-electron chi connectivity index (χ3n) is 24.0. The van der Waals surface area contributed by atoms with Crippen LogP contribution in [0.1, 0.15) is 126 Å². The van der Waals surface area contributed by atoms with Crippen molar-refractivity contribution < 1.29 is 23.8 Å². The van der Waals surface area contributed by atoms with Gasteiger partial charge in [0.15, 0.2) is 0 Å². The number of nitrogens with two attached hydrogens (primary N) is 1. The molecule has 4 atom stereocenters. The van der Waals surface area contributed by atoms with Gasteiger partial charge in [0.05, 0.1) is 38.6 Å². The predicted molar refractivity (Wildman–Crippen MR) is 515 cm³/mol. The second-order valence-corrected chi connectivity index (χ2v) is 36.9. The van der Waals surface area contributed by atoms with Crippen LogP contribution in [-0.4, -0.2) is 193 Å². The lowest BCUT2D eigenvalue weighted by Crippen LogP contribution is -2.47. The fourth-order valence-electron chi connectivity index (χ4n) is 16.8. The van der Waals surface area contributed by atoms with Crippen LogP contribution in [0.2, 0.25) is 10.0 Å². The Hall–Kier alpha value is -7.54. The highest BCUT2D eigenvalue weighted by atomic mass is 79.9. The minimum Gasteiger partial charge on any atom is -0.462 e. The van der Waals surface area contributed by atoms with Crippen molar-refractivity contribution >= 4 is 124 Å². The highest BCUT2D eigenvalue weighted by Gasteiger charge is 2.34. The molecule has 21 heteroatoms. The van der Waals surface area contributed by atoms with E-state index >= 15 is 0 Å². The summed E-state index contributed by atoms with van der Waals surface area (Å²) in [4.78, 5) is 48.8. The Balaban J connectivity index is 0.000000183. The minimum absolute atomic E-state index is 0.00273. The quantitative estimate of drug-likeness (QED) is 0.0192. The van der Waals surface area contributed by atoms with E-state index in [0.29, 0.717) is 42.9 Å². The second kappa shape index (κ2) is 47.5. The molecule has 0 spiro atoms. The smallest absolute Gasteiger partial charge is 0.338 e. The van der Waals surface area contributed by atoms with Crippen molar-refractivity contribution in [2.24, 2.45) is 16.6 Å². The lowest BCUT2D eigenvalue weighted by molar-refractivity contribution is 0.0370. The number of hydrogen-bond acceptors (Lipinski definition) is 16. The summed E-state index contributed by atoms with van der Waals surface area (Å²) in [5.41, 5.74) is 24.8. The topological polar surface area (TPSA) is 143 Å². The number of aryl methyl sites for hydroxylation is 2. The molecule has 14 rings (SSSR count). The molecule has 0 saturated carbocycles. The largest absolute Gasteiger partial charge is 0.462 e. The number of carbonyl (C=O) groups is 2. The van der Waals surface area contributed by atoms with Gasteiger partial charge in [-0.2, -0.15) is 0 Å². The number of nitrogens with zero attached hydrogens (tertiary/aromatic N) is 6. The van der Waals surface area contributed by atoms with Crippen LogP contribution in [0.15, 0.2) is 215 Å². The van der Waals surface area contributed by atoms with E-state index < -0.39 is 0 Å². The molecule has 5 N–H and O–H groups in total. The number of carbonyl (C=O) groups excluding carboxylic acids is 2. The van der Waals surface area contributed by atoms with Crippen LogP contribution in [-0.2, 0) is 27.3 Å². The molecule has 8 aromatic carbocycles. The number of ether oxygens (including phenoxy) is 3. The fraction of sp³-hybridized carbons (Fsp3) is 0.420. The first-order valence-electron chi connectivity index (χ1n) is 43.1. The van der Waals surface area contributed by atoms with Gasteiger partial charge in [0.1, 0.15) is 0 Å². The van der Waals surface area contributed by atoms with Gasteiger partial charge in [-0.15, -0.1) is 23.5 Å². The number of benzene rings is 8. The molecule has 4 fully saturated rings. The number of hydrogen-bond donors (Lipinski definition) is 4. The number of morpholine rings is 2. The first-order chi connectivity index (χ1) is 58.9. The number of rotatable bonds is 30. The third kappa shape index (κ3) is 28.8. The third-order valence-corrected chi connectivity index (χ3v) is 27.2. The summed E-state index contributed by atoms with van der Waals surface area (Å²) in [6, 6.07) is 67.4. The Bertz CT molecular complexity index is 4810. The molecule has 4 heterocycles. The number of esters is 1. The highest BCUT2D eigenvalue weighted by molar-refractivity contribution is 9.12. The summed E-state index contributed by atoms with van der Waals surface area (Å²) < 4.78 is 16.1. The molecule has 4 aliphatic heterocycles. The number of thioether (sulfide) groups is 2. The van der Waals surface area contributed by atoms with Gasteiger partial charge in [0.25, 0.3) is 5.91 Å². The van der Waals surface area contributed by atoms with Gasteiger partial charge in [-0.1, -0.05) is 131 Å². The molecular weight excluding hydrogens is 1720 g/mol. The molecule has 6 aliphatic rings. The normalized spacial score (nSPS) is 19.2. The Morgan fingerprint density at radius 1 is 0.521 bits per heavy atom. The fourth-order valence-corrected chi connectivity index (χ4v) is 20.0. The molecule has 15 nitrogen and oxygen atoms in total. The lowest BCUT2D eigenvalue weighted by atomic mass is 9.72. The van der Waals surface area contributed by atoms with Gasteiger partial charge < -0.3 is 45.7 Å². The monoisotopic (exact) mass is 1830 g/mol. The Morgan fingerprint density at radius 2 is 0.934 bits per heavy atom. The van der Waals surface area contributed by atoms with Gasteiger partial charge in [-0.05, 0) is 249 Å². The molecule has 0 radical (unpaired) electrons. The average Bonchev–Trinajstić information content (AvgIpc) is 0.782. The summed E-state index contributed by atoms with van der Waals surface area (Å²) in [6.45, 7) is 31.4. The average molecular weight is 1840 g/mol. The molecule has 4 saturated heterocycles. The van der Waals surface area contributed by atoms with Crippen LogP contribution < -0.4 is 31.5 Å². The van der Waals surface area contributed by atoms with Crippen LogP contribution in [0, 0.1) is 46.2 Å². The van der Waals surface area contributed by atoms with Crippen LogP contribution in [0.3, 0.4) is 0 Å². The van der Waals surface area contributed by atoms with Crippen molar-refractivity contribution in [2.45, 2.75) is 121 Å². The second-order valence-electron chi connectivity index (χ2n) is 33.0. The first-order valence-corrected chi connectivity index (χ1v) is 47.4. The van der Waals surface area contributed by atoms with Gasteiger partial charge >= 0.3 is 5.97 Å². The maximum Gasteiger partial charge on any atom is 0.338 e. The van der Waals surface area contributed by atoms with Crippen LogP contribution >= 0.6 is 78.6 Å². The summed E-state index contributed by atoms with van der Waals surface area (Å²) in [5.74, 6) is 8.56. The van der Waals surface area contributed by atoms with Gasteiger partial charge in [0, 0.05) is 232 Å².